The van der Waals surface area contributed by atoms with Crippen LogP contribution in [-0.4, -0.2) is 32.9 Å². The highest BCUT2D eigenvalue weighted by Gasteiger charge is 2.26. The van der Waals surface area contributed by atoms with Gasteiger partial charge >= 0.3 is 6.18 Å². The van der Waals surface area contributed by atoms with Gasteiger partial charge in [-0.25, -0.2) is 13.1 Å². The first-order valence-corrected chi connectivity index (χ1v) is 7.49. The number of rotatable bonds is 7. The highest BCUT2D eigenvalue weighted by Crippen LogP contribution is 2.21. The molecule has 0 aliphatic heterocycles. The number of hydrogen-bond donors (Lipinski definition) is 2. The normalized spacial score (nSPS) is 12.6. The maximum atomic E-state index is 11.9. The van der Waals surface area contributed by atoms with Crippen molar-refractivity contribution in [2.24, 2.45) is 0 Å². The Morgan fingerprint density at radius 1 is 1.15 bits per heavy atom. The summed E-state index contributed by atoms with van der Waals surface area (Å²) in [7, 11) is -3.79. The Morgan fingerprint density at radius 2 is 1.75 bits per heavy atom. The van der Waals surface area contributed by atoms with E-state index in [1.54, 1.807) is 12.1 Å². The molecule has 0 atom stereocenters. The summed E-state index contributed by atoms with van der Waals surface area (Å²) >= 11 is 0. The SMILES string of the molecule is O=S(=O)(NCCCC(F)(F)F)c1ccc(CCO)cc1. The van der Waals surface area contributed by atoms with Gasteiger partial charge in [-0.3, -0.25) is 0 Å². The van der Waals surface area contributed by atoms with Gasteiger partial charge in [0.05, 0.1) is 4.90 Å². The fraction of sp³-hybridized carbons (Fsp3) is 0.500. The quantitative estimate of drug-likeness (QED) is 0.755. The van der Waals surface area contributed by atoms with Crippen LogP contribution in [0.25, 0.3) is 0 Å². The van der Waals surface area contributed by atoms with E-state index in [0.29, 0.717) is 6.42 Å². The molecule has 0 aliphatic rings. The topological polar surface area (TPSA) is 66.4 Å². The molecule has 0 heterocycles. The number of alkyl halides is 3. The first kappa shape index (κ1) is 16.9. The third-order valence-corrected chi connectivity index (χ3v) is 4.04. The predicted molar refractivity (Wildman–Crippen MR) is 67.7 cm³/mol. The summed E-state index contributed by atoms with van der Waals surface area (Å²) in [6.45, 7) is -0.304. The second kappa shape index (κ2) is 7.05. The smallest absolute Gasteiger partial charge is 0.389 e. The molecule has 114 valence electrons. The van der Waals surface area contributed by atoms with E-state index in [0.717, 1.165) is 5.56 Å². The van der Waals surface area contributed by atoms with Crippen molar-refractivity contribution >= 4 is 10.0 Å². The molecule has 1 rings (SSSR count). The van der Waals surface area contributed by atoms with Crippen LogP contribution in [0.2, 0.25) is 0 Å². The van der Waals surface area contributed by atoms with Crippen molar-refractivity contribution in [2.45, 2.75) is 30.3 Å². The van der Waals surface area contributed by atoms with Gasteiger partial charge in [0.15, 0.2) is 0 Å². The van der Waals surface area contributed by atoms with Crippen LogP contribution in [0, 0.1) is 0 Å². The van der Waals surface area contributed by atoms with E-state index in [9.17, 15) is 21.6 Å². The van der Waals surface area contributed by atoms with Crippen LogP contribution in [0.15, 0.2) is 29.2 Å². The van der Waals surface area contributed by atoms with E-state index >= 15 is 0 Å². The average molecular weight is 311 g/mol. The summed E-state index contributed by atoms with van der Waals surface area (Å²) in [5.74, 6) is 0. The molecule has 0 unspecified atom stereocenters. The second-order valence-electron chi connectivity index (χ2n) is 4.23. The summed E-state index contributed by atoms with van der Waals surface area (Å²) in [5, 5.41) is 8.74. The van der Waals surface area contributed by atoms with Gasteiger partial charge in [0.25, 0.3) is 0 Å². The minimum Gasteiger partial charge on any atom is -0.396 e. The number of hydrogen-bond acceptors (Lipinski definition) is 3. The predicted octanol–water partition coefficient (Wildman–Crippen LogP) is 1.84. The van der Waals surface area contributed by atoms with Gasteiger partial charge in [0.2, 0.25) is 10.0 Å². The van der Waals surface area contributed by atoms with Gasteiger partial charge in [-0.05, 0) is 30.5 Å². The number of halogens is 3. The molecule has 0 fully saturated rings. The standard InChI is InChI=1S/C12H16F3NO3S/c13-12(14,15)7-1-8-16-20(18,19)11-4-2-10(3-5-11)6-9-17/h2-5,16-17H,1,6-9H2. The van der Waals surface area contributed by atoms with E-state index in [1.807, 2.05) is 0 Å². The van der Waals surface area contributed by atoms with Crippen molar-refractivity contribution in [3.8, 4) is 0 Å². The molecular formula is C12H16F3NO3S. The van der Waals surface area contributed by atoms with Crippen molar-refractivity contribution in [2.75, 3.05) is 13.2 Å². The zero-order valence-corrected chi connectivity index (χ0v) is 11.5. The number of benzene rings is 1. The second-order valence-corrected chi connectivity index (χ2v) is 6.00. The van der Waals surface area contributed by atoms with Crippen molar-refractivity contribution in [1.29, 1.82) is 0 Å². The molecule has 8 heteroatoms. The van der Waals surface area contributed by atoms with Crippen LogP contribution in [0.3, 0.4) is 0 Å². The largest absolute Gasteiger partial charge is 0.396 e. The number of nitrogens with one attached hydrogen (secondary N) is 1. The highest BCUT2D eigenvalue weighted by atomic mass is 32.2. The van der Waals surface area contributed by atoms with Gasteiger partial charge in [0, 0.05) is 19.6 Å². The minimum absolute atomic E-state index is 0.00815. The molecule has 0 bridgehead atoms. The molecule has 0 spiro atoms. The molecule has 0 radical (unpaired) electrons. The monoisotopic (exact) mass is 311 g/mol. The van der Waals surface area contributed by atoms with Crippen LogP contribution in [0.4, 0.5) is 13.2 Å². The first-order valence-electron chi connectivity index (χ1n) is 6.01. The Balaban J connectivity index is 2.56. The fourth-order valence-electron chi connectivity index (χ4n) is 1.54. The van der Waals surface area contributed by atoms with Crippen molar-refractivity contribution in [3.63, 3.8) is 0 Å². The van der Waals surface area contributed by atoms with Gasteiger partial charge in [-0.1, -0.05) is 12.1 Å². The Bertz CT molecular complexity index is 512. The summed E-state index contributed by atoms with van der Waals surface area (Å²) in [6, 6.07) is 5.83. The van der Waals surface area contributed by atoms with Gasteiger partial charge in [0.1, 0.15) is 0 Å². The first-order chi connectivity index (χ1) is 9.24. The Hall–Kier alpha value is -1.12. The Morgan fingerprint density at radius 3 is 2.25 bits per heavy atom. The lowest BCUT2D eigenvalue weighted by Gasteiger charge is -2.09. The Labute approximate surface area is 115 Å². The Kier molecular flexibility index (Phi) is 5.97. The van der Waals surface area contributed by atoms with Gasteiger partial charge in [-0.2, -0.15) is 13.2 Å². The zero-order chi connectivity index (χ0) is 15.2. The maximum Gasteiger partial charge on any atom is 0.389 e. The van der Waals surface area contributed by atoms with Crippen LogP contribution in [0.5, 0.6) is 0 Å². The minimum atomic E-state index is -4.28. The lowest BCUT2D eigenvalue weighted by Crippen LogP contribution is -2.25. The van der Waals surface area contributed by atoms with Crippen molar-refractivity contribution in [3.05, 3.63) is 29.8 Å². The average Bonchev–Trinajstić information content (AvgIpc) is 2.35. The molecule has 0 aromatic heterocycles. The third-order valence-electron chi connectivity index (χ3n) is 2.56. The lowest BCUT2D eigenvalue weighted by molar-refractivity contribution is -0.135. The van der Waals surface area contributed by atoms with Gasteiger partial charge < -0.3 is 5.11 Å². The number of aliphatic hydroxyl groups excluding tert-OH is 1. The summed E-state index contributed by atoms with van der Waals surface area (Å²) in [4.78, 5) is -0.00815. The van der Waals surface area contributed by atoms with Gasteiger partial charge in [-0.15, -0.1) is 0 Å². The molecule has 20 heavy (non-hydrogen) atoms. The molecule has 0 saturated carbocycles. The molecule has 1 aromatic rings. The van der Waals surface area contributed by atoms with Crippen LogP contribution in [-0.2, 0) is 16.4 Å². The van der Waals surface area contributed by atoms with E-state index in [-0.39, 0.29) is 24.5 Å². The molecule has 0 amide bonds. The van der Waals surface area contributed by atoms with E-state index in [4.69, 9.17) is 5.11 Å². The van der Waals surface area contributed by atoms with Crippen LogP contribution >= 0.6 is 0 Å². The van der Waals surface area contributed by atoms with Crippen LogP contribution in [0.1, 0.15) is 18.4 Å². The number of aliphatic hydroxyl groups is 1. The molecule has 4 nitrogen and oxygen atoms in total. The third kappa shape index (κ3) is 5.89. The summed E-state index contributed by atoms with van der Waals surface area (Å²) < 4.78 is 61.4. The van der Waals surface area contributed by atoms with Crippen LogP contribution < -0.4 is 4.72 Å². The highest BCUT2D eigenvalue weighted by molar-refractivity contribution is 7.89. The van der Waals surface area contributed by atoms with E-state index in [2.05, 4.69) is 4.72 Å². The fourth-order valence-corrected chi connectivity index (χ4v) is 2.62. The van der Waals surface area contributed by atoms with E-state index in [1.165, 1.54) is 12.1 Å². The van der Waals surface area contributed by atoms with E-state index < -0.39 is 22.6 Å². The molecule has 0 aliphatic carbocycles. The van der Waals surface area contributed by atoms with Crippen molar-refractivity contribution < 1.29 is 26.7 Å². The molecule has 2 N–H and O–H groups in total. The number of sulfonamides is 1. The van der Waals surface area contributed by atoms with Crippen molar-refractivity contribution in [1.82, 2.24) is 4.72 Å². The molecular weight excluding hydrogens is 295 g/mol. The lowest BCUT2D eigenvalue weighted by atomic mass is 10.2. The summed E-state index contributed by atoms with van der Waals surface area (Å²) in [6.07, 6.45) is -5.19. The maximum absolute atomic E-state index is 11.9. The summed E-state index contributed by atoms with van der Waals surface area (Å²) in [5.41, 5.74) is 0.781. The molecule has 0 saturated heterocycles. The molecule has 1 aromatic carbocycles. The zero-order valence-electron chi connectivity index (χ0n) is 10.7.